The molecule has 4 heteroatoms. The molecule has 0 heterocycles. The van der Waals surface area contributed by atoms with Gasteiger partial charge in [-0.25, -0.2) is 0 Å². The molecule has 0 bridgehead atoms. The first-order valence-electron chi connectivity index (χ1n) is 6.50. The Kier molecular flexibility index (Phi) is 8.45. The first kappa shape index (κ1) is 17.7. The molecule has 0 saturated heterocycles. The Morgan fingerprint density at radius 2 is 1.05 bits per heavy atom. The molecule has 20 heavy (non-hydrogen) atoms. The van der Waals surface area contributed by atoms with Gasteiger partial charge in [0.1, 0.15) is 0 Å². The minimum Gasteiger partial charge on any atom is -0.269 e. The standard InChI is InChI=1S/2C8H10N.FH.Nd/c2*1-9-7-8-5-3-2-4-6-8;;/h2*2-6H,7H2,1H3;1H;/q2*-1;;+2. The molecule has 0 aromatic heterocycles. The number of benzene rings is 2. The first-order chi connectivity index (χ1) is 9.24. The van der Waals surface area contributed by atoms with E-state index >= 15 is 0 Å². The van der Waals surface area contributed by atoms with Gasteiger partial charge in [0.05, 0.1) is 0 Å². The van der Waals surface area contributed by atoms with E-state index in [0.717, 1.165) is 13.1 Å². The molecule has 0 aliphatic rings. The summed E-state index contributed by atoms with van der Waals surface area (Å²) in [5, 5.41) is 0. The maximum absolute atomic E-state index is 2.53. The van der Waals surface area contributed by atoms with E-state index in [2.05, 4.69) is 76.7 Å². The number of hydrogen-bond donors (Lipinski definition) is 0. The monoisotopic (exact) mass is 402 g/mol. The molecule has 0 N–H and O–H groups in total. The van der Waals surface area contributed by atoms with Crippen molar-refractivity contribution in [1.29, 1.82) is 0 Å². The Morgan fingerprint density at radius 1 is 0.700 bits per heavy atom. The van der Waals surface area contributed by atoms with Gasteiger partial charge in [-0.2, -0.15) is 0 Å². The van der Waals surface area contributed by atoms with Gasteiger partial charge < -0.3 is 0 Å². The van der Waals surface area contributed by atoms with Crippen LogP contribution < -0.4 is 0 Å². The molecular formula is C16H21FN2Nd. The van der Waals surface area contributed by atoms with Crippen molar-refractivity contribution in [2.45, 2.75) is 13.1 Å². The quantitative estimate of drug-likeness (QED) is 0.729. The fraction of sp³-hybridized carbons (Fsp3) is 0.250. The summed E-state index contributed by atoms with van der Waals surface area (Å²) in [5.41, 5.74) is 2.82. The number of nitrogens with zero attached hydrogens (tertiary/aromatic N) is 2. The zero-order valence-electron chi connectivity index (χ0n) is 12.0. The Morgan fingerprint density at radius 3 is 1.40 bits per heavy atom. The third-order valence-electron chi connectivity index (χ3n) is 2.87. The van der Waals surface area contributed by atoms with Crippen LogP contribution in [-0.2, 0) is 13.1 Å². The molecule has 2 aromatic rings. The van der Waals surface area contributed by atoms with Gasteiger partial charge in [-0.3, -0.25) is 4.70 Å². The molecule has 2 rings (SSSR count). The maximum Gasteiger partial charge on any atom is -0.269 e. The van der Waals surface area contributed by atoms with Crippen LogP contribution in [0.25, 0.3) is 0 Å². The van der Waals surface area contributed by atoms with Crippen molar-refractivity contribution in [3.63, 3.8) is 0 Å². The summed E-state index contributed by atoms with van der Waals surface area (Å²) in [7, 11) is 4.50. The summed E-state index contributed by atoms with van der Waals surface area (Å²) in [6, 6.07) is 21.4. The first-order valence-corrected chi connectivity index (χ1v) is 9.37. The van der Waals surface area contributed by atoms with Gasteiger partial charge in [0.15, 0.2) is 0 Å². The van der Waals surface area contributed by atoms with Crippen LogP contribution in [0.2, 0.25) is 0 Å². The number of hydrogen-bond acceptors (Lipinski definition) is 2. The van der Waals surface area contributed by atoms with Crippen LogP contribution in [0.15, 0.2) is 60.7 Å². The van der Waals surface area contributed by atoms with E-state index in [9.17, 15) is 0 Å². The topological polar surface area (TPSA) is 6.48 Å². The van der Waals surface area contributed by atoms with Crippen molar-refractivity contribution >= 4 is 0 Å². The van der Waals surface area contributed by atoms with Crippen LogP contribution in [0, 0.1) is 37.5 Å². The summed E-state index contributed by atoms with van der Waals surface area (Å²) < 4.78 is 5.05. The summed E-state index contributed by atoms with van der Waals surface area (Å²) in [4.78, 5) is 0. The fourth-order valence-corrected chi connectivity index (χ4v) is 5.57. The van der Waals surface area contributed by atoms with E-state index in [1.807, 2.05) is 0 Å². The van der Waals surface area contributed by atoms with Crippen LogP contribution in [0.3, 0.4) is 0 Å². The second-order valence-corrected chi connectivity index (χ2v) is 10.3. The van der Waals surface area contributed by atoms with Gasteiger partial charge in [0.25, 0.3) is 0 Å². The van der Waals surface area contributed by atoms with Gasteiger partial charge in [-0.15, -0.1) is 0 Å². The molecular weight excluding hydrogens is 383 g/mol. The van der Waals surface area contributed by atoms with Crippen molar-refractivity contribution in [2.24, 2.45) is 0 Å². The molecule has 0 unspecified atom stereocenters. The minimum atomic E-state index is -0.890. The van der Waals surface area contributed by atoms with E-state index < -0.39 is 37.5 Å². The van der Waals surface area contributed by atoms with E-state index in [0.29, 0.717) is 0 Å². The van der Waals surface area contributed by atoms with E-state index in [1.54, 1.807) is 0 Å². The van der Waals surface area contributed by atoms with Crippen LogP contribution in [-0.4, -0.2) is 16.1 Å². The van der Waals surface area contributed by atoms with E-state index in [4.69, 9.17) is 0 Å². The zero-order valence-corrected chi connectivity index (χ0v) is 15.2. The van der Waals surface area contributed by atoms with Crippen LogP contribution in [0.4, 0.5) is 4.70 Å². The minimum absolute atomic E-state index is 0. The summed E-state index contributed by atoms with van der Waals surface area (Å²) in [6.45, 7) is 2.15. The Hall–Kier alpha value is -0.359. The average molecular weight is 405 g/mol. The third-order valence-corrected chi connectivity index (χ3v) is 6.07. The zero-order chi connectivity index (χ0) is 13.5. The molecule has 0 radical (unpaired) electrons. The smallest absolute Gasteiger partial charge is 0.269 e. The average Bonchev–Trinajstić information content (AvgIpc) is 2.40. The Bertz CT molecular complexity index is 433. The normalized spacial score (nSPS) is 10.4. The second kappa shape index (κ2) is 9.55. The summed E-state index contributed by atoms with van der Waals surface area (Å²) in [6.07, 6.45) is 0. The van der Waals surface area contributed by atoms with Crippen LogP contribution >= 0.6 is 0 Å². The van der Waals surface area contributed by atoms with Crippen LogP contribution in [0.5, 0.6) is 0 Å². The summed E-state index contributed by atoms with van der Waals surface area (Å²) in [5.74, 6) is 0. The van der Waals surface area contributed by atoms with Crippen molar-refractivity contribution in [1.82, 2.24) is 1.97 Å². The third kappa shape index (κ3) is 6.39. The van der Waals surface area contributed by atoms with Gasteiger partial charge in [0, 0.05) is 0 Å². The molecule has 0 atom stereocenters. The number of halogens is 1. The SMILES string of the molecule is C[N](Cc1ccccc1)[Nd][N](C)Cc1ccccc1.F. The molecule has 106 valence electrons. The van der Waals surface area contributed by atoms with Gasteiger partial charge in [-0.05, 0) is 0 Å². The number of rotatable bonds is 6. The van der Waals surface area contributed by atoms with Crippen molar-refractivity contribution in [3.05, 3.63) is 71.8 Å². The van der Waals surface area contributed by atoms with Crippen LogP contribution in [0.1, 0.15) is 11.1 Å². The summed E-state index contributed by atoms with van der Waals surface area (Å²) >= 11 is -0.890. The van der Waals surface area contributed by atoms with E-state index in [1.165, 1.54) is 11.1 Å². The van der Waals surface area contributed by atoms with E-state index in [-0.39, 0.29) is 4.70 Å². The predicted molar refractivity (Wildman–Crippen MR) is 78.3 cm³/mol. The van der Waals surface area contributed by atoms with Crippen molar-refractivity contribution in [2.75, 3.05) is 14.1 Å². The molecule has 0 aliphatic heterocycles. The predicted octanol–water partition coefficient (Wildman–Crippen LogP) is 3.32. The molecule has 0 amide bonds. The molecule has 2 aromatic carbocycles. The Labute approximate surface area is 142 Å². The molecule has 0 spiro atoms. The Balaban J connectivity index is 0.00000200. The van der Waals surface area contributed by atoms with Crippen molar-refractivity contribution in [3.8, 4) is 0 Å². The molecule has 0 aliphatic carbocycles. The molecule has 2 nitrogen and oxygen atoms in total. The second-order valence-electron chi connectivity index (χ2n) is 4.78. The maximum atomic E-state index is 2.53. The fourth-order valence-electron chi connectivity index (χ4n) is 2.08. The van der Waals surface area contributed by atoms with Gasteiger partial charge >= 0.3 is 138 Å². The molecule has 0 saturated carbocycles. The molecule has 0 fully saturated rings. The van der Waals surface area contributed by atoms with Gasteiger partial charge in [-0.1, -0.05) is 0 Å². The van der Waals surface area contributed by atoms with Gasteiger partial charge in [0.2, 0.25) is 0 Å². The van der Waals surface area contributed by atoms with Crippen molar-refractivity contribution < 1.29 is 42.2 Å². The largest absolute Gasteiger partial charge is 0.269 e.